The van der Waals surface area contributed by atoms with E-state index in [4.69, 9.17) is 0 Å². The van der Waals surface area contributed by atoms with E-state index in [9.17, 15) is 14.1 Å². The molecule has 0 saturated heterocycles. The van der Waals surface area contributed by atoms with Gasteiger partial charge in [0.1, 0.15) is 5.75 Å². The maximum absolute atomic E-state index is 12.2. The molecule has 0 aliphatic heterocycles. The summed E-state index contributed by atoms with van der Waals surface area (Å²) in [6, 6.07) is 16.7. The highest BCUT2D eigenvalue weighted by atomic mass is 32.2. The molecule has 128 valence electrons. The number of para-hydroxylation sites is 1. The molecule has 0 spiro atoms. The van der Waals surface area contributed by atoms with Gasteiger partial charge in [-0.05, 0) is 18.2 Å². The third-order valence-corrected chi connectivity index (χ3v) is 4.35. The number of hydrogen-bond donors (Lipinski definition) is 1. The Kier molecular flexibility index (Phi) is 5.42. The van der Waals surface area contributed by atoms with E-state index in [1.54, 1.807) is 54.6 Å². The molecule has 0 radical (unpaired) electrons. The molecule has 26 heavy (non-hydrogen) atoms. The highest BCUT2D eigenvalue weighted by Gasteiger charge is 2.03. The van der Waals surface area contributed by atoms with Gasteiger partial charge in [0.05, 0.1) is 11.1 Å². The van der Waals surface area contributed by atoms with Gasteiger partial charge in [-0.2, -0.15) is 10.6 Å². The Hall–Kier alpha value is -3.43. The van der Waals surface area contributed by atoms with Crippen LogP contribution in [-0.4, -0.2) is 16.0 Å². The Morgan fingerprint density at radius 1 is 1.00 bits per heavy atom. The number of rotatable bonds is 2. The third-order valence-electron chi connectivity index (χ3n) is 3.34. The van der Waals surface area contributed by atoms with Crippen LogP contribution in [0.25, 0.3) is 0 Å². The number of benzene rings is 2. The number of carbonyl (C=O) groups is 1. The maximum atomic E-state index is 12.2. The largest absolute Gasteiger partial charge is 0.507 e. The first-order valence-corrected chi connectivity index (χ1v) is 8.72. The van der Waals surface area contributed by atoms with Gasteiger partial charge in [-0.1, -0.05) is 59.2 Å². The van der Waals surface area contributed by atoms with E-state index in [0.717, 1.165) is 0 Å². The molecular formula is C20H13N2O3S-. The Balaban J connectivity index is 1.85. The number of phenols is 1. The summed E-state index contributed by atoms with van der Waals surface area (Å²) in [5, 5.41) is 9.72. The topological polar surface area (TPSA) is 79.6 Å². The number of pyridine rings is 1. The van der Waals surface area contributed by atoms with Crippen LogP contribution in [0.15, 0.2) is 82.3 Å². The van der Waals surface area contributed by atoms with Gasteiger partial charge in [0.15, 0.2) is 0 Å². The van der Waals surface area contributed by atoms with Crippen molar-refractivity contribution in [3.8, 4) is 17.6 Å². The second-order valence-electron chi connectivity index (χ2n) is 5.19. The first kappa shape index (κ1) is 17.4. The van der Waals surface area contributed by atoms with Gasteiger partial charge in [0, 0.05) is 18.0 Å². The van der Waals surface area contributed by atoms with E-state index < -0.39 is 16.5 Å². The first-order valence-electron chi connectivity index (χ1n) is 7.61. The van der Waals surface area contributed by atoms with Crippen molar-refractivity contribution in [1.82, 2.24) is 4.98 Å². The van der Waals surface area contributed by atoms with Gasteiger partial charge in [0.25, 0.3) is 5.91 Å². The standard InChI is InChI=1S/C20H13N2O3S/c23-19-9-5-4-6-16(19)11-10-15-12-17(14-21-13-15)20(24)22-26(25)18-7-2-1-3-8-18/h1-9,12-14,23H/q-1. The SMILES string of the molecule is O=C(N=[S-](=O)c1ccccc1)c1cncc(C#Cc2ccccc2O)c1. The quantitative estimate of drug-likeness (QED) is 0.559. The molecule has 1 amide bonds. The van der Waals surface area contributed by atoms with E-state index in [2.05, 4.69) is 21.2 Å². The van der Waals surface area contributed by atoms with E-state index in [1.165, 1.54) is 18.5 Å². The van der Waals surface area contributed by atoms with Crippen LogP contribution in [0.2, 0.25) is 0 Å². The summed E-state index contributed by atoms with van der Waals surface area (Å²) in [4.78, 5) is 16.6. The Bertz CT molecular complexity index is 1090. The summed E-state index contributed by atoms with van der Waals surface area (Å²) in [6.45, 7) is 0. The fraction of sp³-hybridized carbons (Fsp3) is 0. The molecule has 3 aromatic rings. The molecule has 0 saturated carbocycles. The Morgan fingerprint density at radius 2 is 1.73 bits per heavy atom. The number of carbonyl (C=O) groups excluding carboxylic acids is 1. The lowest BCUT2D eigenvalue weighted by Gasteiger charge is -2.04. The summed E-state index contributed by atoms with van der Waals surface area (Å²) in [6.07, 6.45) is 2.84. The molecule has 1 N–H and O–H groups in total. The molecule has 5 nitrogen and oxygen atoms in total. The smallest absolute Gasteiger partial charge is 0.255 e. The van der Waals surface area contributed by atoms with Crippen molar-refractivity contribution >= 4 is 16.5 Å². The van der Waals surface area contributed by atoms with Crippen LogP contribution in [-0.2, 0) is 14.8 Å². The minimum Gasteiger partial charge on any atom is -0.507 e. The van der Waals surface area contributed by atoms with Crippen molar-refractivity contribution in [2.24, 2.45) is 4.36 Å². The van der Waals surface area contributed by atoms with Crippen molar-refractivity contribution in [2.45, 2.75) is 4.90 Å². The zero-order valence-corrected chi connectivity index (χ0v) is 14.3. The molecule has 0 aliphatic rings. The molecule has 0 fully saturated rings. The normalized spacial score (nSPS) is 11.4. The highest BCUT2D eigenvalue weighted by Crippen LogP contribution is 2.14. The lowest BCUT2D eigenvalue weighted by molar-refractivity contribution is 0.100. The van der Waals surface area contributed by atoms with Crippen molar-refractivity contribution in [1.29, 1.82) is 0 Å². The van der Waals surface area contributed by atoms with Crippen LogP contribution in [0, 0.1) is 11.8 Å². The number of aromatic nitrogens is 1. The highest BCUT2D eigenvalue weighted by molar-refractivity contribution is 7.75. The zero-order valence-electron chi connectivity index (χ0n) is 13.5. The third kappa shape index (κ3) is 4.35. The summed E-state index contributed by atoms with van der Waals surface area (Å²) >= 11 is 0. The molecule has 0 aliphatic carbocycles. The molecule has 3 rings (SSSR count). The second-order valence-corrected chi connectivity index (χ2v) is 6.34. The zero-order chi connectivity index (χ0) is 18.4. The lowest BCUT2D eigenvalue weighted by atomic mass is 10.1. The molecule has 0 atom stereocenters. The number of aromatic hydroxyl groups is 1. The second kappa shape index (κ2) is 8.10. The van der Waals surface area contributed by atoms with Crippen LogP contribution in [0.1, 0.15) is 21.5 Å². The van der Waals surface area contributed by atoms with Gasteiger partial charge in [0.2, 0.25) is 0 Å². The van der Waals surface area contributed by atoms with E-state index >= 15 is 0 Å². The van der Waals surface area contributed by atoms with Gasteiger partial charge in [-0.25, -0.2) is 0 Å². The van der Waals surface area contributed by atoms with Crippen molar-refractivity contribution in [3.63, 3.8) is 0 Å². The van der Waals surface area contributed by atoms with Gasteiger partial charge in [-0.3, -0.25) is 9.78 Å². The molecule has 6 heteroatoms. The number of phenolic OH excluding ortho intramolecular Hbond substituents is 1. The average Bonchev–Trinajstić information content (AvgIpc) is 2.68. The van der Waals surface area contributed by atoms with Crippen molar-refractivity contribution < 1.29 is 14.1 Å². The summed E-state index contributed by atoms with van der Waals surface area (Å²) < 4.78 is 15.8. The molecule has 0 bridgehead atoms. The van der Waals surface area contributed by atoms with E-state index in [0.29, 0.717) is 16.0 Å². The molecular weight excluding hydrogens is 348 g/mol. The first-order chi connectivity index (χ1) is 12.6. The summed E-state index contributed by atoms with van der Waals surface area (Å²) in [5.74, 6) is 5.10. The fourth-order valence-electron chi connectivity index (χ4n) is 2.06. The predicted molar refractivity (Wildman–Crippen MR) is 97.8 cm³/mol. The fourth-order valence-corrected chi connectivity index (χ4v) is 2.81. The molecule has 2 aromatic carbocycles. The van der Waals surface area contributed by atoms with Gasteiger partial charge in [-0.15, -0.1) is 0 Å². The monoisotopic (exact) mass is 361 g/mol. The van der Waals surface area contributed by atoms with Crippen LogP contribution in [0.4, 0.5) is 0 Å². The summed E-state index contributed by atoms with van der Waals surface area (Å²) in [7, 11) is -1.78. The van der Waals surface area contributed by atoms with E-state index in [-0.39, 0.29) is 11.3 Å². The predicted octanol–water partition coefficient (Wildman–Crippen LogP) is 3.53. The van der Waals surface area contributed by atoms with Crippen molar-refractivity contribution in [3.05, 3.63) is 89.7 Å². The van der Waals surface area contributed by atoms with Gasteiger partial charge < -0.3 is 13.7 Å². The number of amides is 1. The Morgan fingerprint density at radius 3 is 2.50 bits per heavy atom. The molecule has 1 heterocycles. The minimum atomic E-state index is -1.78. The number of nitrogens with zero attached hydrogens (tertiary/aromatic N) is 2. The molecule has 1 aromatic heterocycles. The van der Waals surface area contributed by atoms with Gasteiger partial charge >= 0.3 is 0 Å². The lowest BCUT2D eigenvalue weighted by Crippen LogP contribution is -1.97. The minimum absolute atomic E-state index is 0.0773. The van der Waals surface area contributed by atoms with Crippen LogP contribution in [0.3, 0.4) is 0 Å². The number of hydrogen-bond acceptors (Lipinski definition) is 5. The van der Waals surface area contributed by atoms with Crippen LogP contribution >= 0.6 is 0 Å². The Labute approximate surface area is 152 Å². The van der Waals surface area contributed by atoms with E-state index in [1.807, 2.05) is 0 Å². The average molecular weight is 361 g/mol. The van der Waals surface area contributed by atoms with Crippen molar-refractivity contribution in [2.75, 3.05) is 0 Å². The van der Waals surface area contributed by atoms with Crippen LogP contribution < -0.4 is 0 Å². The summed E-state index contributed by atoms with van der Waals surface area (Å²) in [5.41, 5.74) is 1.15. The van der Waals surface area contributed by atoms with Crippen LogP contribution in [0.5, 0.6) is 5.75 Å². The molecule has 0 unspecified atom stereocenters. The maximum Gasteiger partial charge on any atom is 0.255 e.